The highest BCUT2D eigenvalue weighted by atomic mass is 32.2. The third kappa shape index (κ3) is 5.21. The van der Waals surface area contributed by atoms with E-state index < -0.39 is 10.0 Å². The number of rotatable bonds is 6. The van der Waals surface area contributed by atoms with Crippen LogP contribution in [0.4, 0.5) is 4.39 Å². The van der Waals surface area contributed by atoms with Crippen LogP contribution in [0.3, 0.4) is 0 Å². The molecule has 7 nitrogen and oxygen atoms in total. The van der Waals surface area contributed by atoms with Crippen LogP contribution < -0.4 is 14.8 Å². The van der Waals surface area contributed by atoms with E-state index in [0.717, 1.165) is 12.0 Å². The number of ether oxygens (including phenoxy) is 2. The van der Waals surface area contributed by atoms with E-state index in [1.165, 1.54) is 28.6 Å². The lowest BCUT2D eigenvalue weighted by Gasteiger charge is -2.30. The van der Waals surface area contributed by atoms with Gasteiger partial charge < -0.3 is 14.8 Å². The molecule has 1 amide bonds. The third-order valence-electron chi connectivity index (χ3n) is 5.78. The third-order valence-corrected chi connectivity index (χ3v) is 7.68. The first-order chi connectivity index (χ1) is 15.4. The van der Waals surface area contributed by atoms with Crippen LogP contribution in [0.1, 0.15) is 24.8 Å². The molecule has 0 unspecified atom stereocenters. The first kappa shape index (κ1) is 22.5. The van der Waals surface area contributed by atoms with Crippen molar-refractivity contribution in [1.82, 2.24) is 9.62 Å². The summed E-state index contributed by atoms with van der Waals surface area (Å²) in [6, 6.07) is 11.0. The summed E-state index contributed by atoms with van der Waals surface area (Å²) >= 11 is 0. The Labute approximate surface area is 187 Å². The van der Waals surface area contributed by atoms with Crippen molar-refractivity contribution in [3.8, 4) is 11.5 Å². The van der Waals surface area contributed by atoms with Crippen LogP contribution in [0.25, 0.3) is 0 Å². The topological polar surface area (TPSA) is 84.9 Å². The number of piperidine rings is 1. The highest BCUT2D eigenvalue weighted by Gasteiger charge is 2.32. The van der Waals surface area contributed by atoms with Crippen molar-refractivity contribution < 1.29 is 27.1 Å². The summed E-state index contributed by atoms with van der Waals surface area (Å²) < 4.78 is 52.0. The molecule has 172 valence electrons. The van der Waals surface area contributed by atoms with Gasteiger partial charge in [-0.2, -0.15) is 4.31 Å². The van der Waals surface area contributed by atoms with Gasteiger partial charge in [-0.05, 0) is 49.1 Å². The van der Waals surface area contributed by atoms with Crippen molar-refractivity contribution in [2.75, 3.05) is 32.8 Å². The summed E-state index contributed by atoms with van der Waals surface area (Å²) in [7, 11) is -3.68. The van der Waals surface area contributed by atoms with Crippen molar-refractivity contribution in [3.63, 3.8) is 0 Å². The van der Waals surface area contributed by atoms with Gasteiger partial charge in [0.2, 0.25) is 15.9 Å². The van der Waals surface area contributed by atoms with Gasteiger partial charge in [0.15, 0.2) is 11.5 Å². The van der Waals surface area contributed by atoms with Crippen LogP contribution in [-0.2, 0) is 21.2 Å². The zero-order valence-electron chi connectivity index (χ0n) is 17.8. The lowest BCUT2D eigenvalue weighted by molar-refractivity contribution is -0.126. The normalized spacial score (nSPS) is 17.5. The highest BCUT2D eigenvalue weighted by molar-refractivity contribution is 7.89. The number of carbonyl (C=O) groups excluding carboxylic acids is 1. The Morgan fingerprint density at radius 1 is 1.06 bits per heavy atom. The molecule has 2 aliphatic rings. The predicted octanol–water partition coefficient (Wildman–Crippen LogP) is 2.75. The lowest BCUT2D eigenvalue weighted by Crippen LogP contribution is -2.43. The minimum absolute atomic E-state index is 0.0889. The van der Waals surface area contributed by atoms with Crippen molar-refractivity contribution >= 4 is 15.9 Å². The molecule has 4 rings (SSSR count). The van der Waals surface area contributed by atoms with Crippen LogP contribution in [0.2, 0.25) is 0 Å². The molecule has 2 heterocycles. The van der Waals surface area contributed by atoms with Crippen molar-refractivity contribution in [3.05, 3.63) is 53.8 Å². The second-order valence-corrected chi connectivity index (χ2v) is 9.95. The molecular weight excluding hydrogens is 435 g/mol. The molecule has 0 radical (unpaired) electrons. The predicted molar refractivity (Wildman–Crippen MR) is 117 cm³/mol. The molecular formula is C23H27FN2O5S. The fourth-order valence-electron chi connectivity index (χ4n) is 3.98. The van der Waals surface area contributed by atoms with E-state index >= 15 is 0 Å². The molecule has 1 saturated heterocycles. The molecule has 0 spiro atoms. The molecule has 0 bridgehead atoms. The van der Waals surface area contributed by atoms with Gasteiger partial charge in [0, 0.05) is 38.0 Å². The van der Waals surface area contributed by atoms with E-state index in [4.69, 9.17) is 9.47 Å². The molecule has 9 heteroatoms. The Morgan fingerprint density at radius 2 is 1.81 bits per heavy atom. The number of hydrogen-bond donors (Lipinski definition) is 1. The van der Waals surface area contributed by atoms with Gasteiger partial charge in [0.1, 0.15) is 5.82 Å². The Balaban J connectivity index is 1.30. The SMILES string of the molecule is O=C(NCCc1cccc(F)c1)C1CCN(S(=O)(=O)c2ccc3c(c2)OCCCO3)CC1. The van der Waals surface area contributed by atoms with Gasteiger partial charge >= 0.3 is 0 Å². The molecule has 0 aliphatic carbocycles. The van der Waals surface area contributed by atoms with E-state index in [-0.39, 0.29) is 35.6 Å². The van der Waals surface area contributed by atoms with E-state index in [9.17, 15) is 17.6 Å². The van der Waals surface area contributed by atoms with E-state index in [1.807, 2.05) is 6.07 Å². The van der Waals surface area contributed by atoms with Crippen LogP contribution in [0.15, 0.2) is 47.4 Å². The van der Waals surface area contributed by atoms with Crippen LogP contribution in [0.5, 0.6) is 11.5 Å². The second-order valence-electron chi connectivity index (χ2n) is 8.01. The number of hydrogen-bond acceptors (Lipinski definition) is 5. The number of fused-ring (bicyclic) bond motifs is 1. The first-order valence-corrected chi connectivity index (χ1v) is 12.3. The maximum absolute atomic E-state index is 13.2. The molecule has 1 fully saturated rings. The van der Waals surface area contributed by atoms with Gasteiger partial charge in [-0.1, -0.05) is 12.1 Å². The molecule has 2 aromatic carbocycles. The lowest BCUT2D eigenvalue weighted by atomic mass is 9.97. The summed E-state index contributed by atoms with van der Waals surface area (Å²) in [4.78, 5) is 12.7. The summed E-state index contributed by atoms with van der Waals surface area (Å²) in [6.07, 6.45) is 2.20. The van der Waals surface area contributed by atoms with Crippen LogP contribution in [-0.4, -0.2) is 51.5 Å². The molecule has 1 N–H and O–H groups in total. The van der Waals surface area contributed by atoms with Gasteiger partial charge in [0.05, 0.1) is 18.1 Å². The Kier molecular flexibility index (Phi) is 6.95. The Bertz CT molecular complexity index is 1070. The molecule has 0 saturated carbocycles. The average molecular weight is 463 g/mol. The zero-order valence-corrected chi connectivity index (χ0v) is 18.6. The first-order valence-electron chi connectivity index (χ1n) is 10.9. The number of sulfonamides is 1. The monoisotopic (exact) mass is 462 g/mol. The maximum atomic E-state index is 13.2. The second kappa shape index (κ2) is 9.87. The van der Waals surface area contributed by atoms with Crippen LogP contribution >= 0.6 is 0 Å². The zero-order chi connectivity index (χ0) is 22.6. The molecule has 0 aromatic heterocycles. The molecule has 32 heavy (non-hydrogen) atoms. The van der Waals surface area contributed by atoms with E-state index in [2.05, 4.69) is 5.32 Å². The number of nitrogens with zero attached hydrogens (tertiary/aromatic N) is 1. The smallest absolute Gasteiger partial charge is 0.243 e. The standard InChI is InChI=1S/C23H27FN2O5S/c24-19-4-1-3-17(15-19)7-10-25-23(27)18-8-11-26(12-9-18)32(28,29)20-5-6-21-22(16-20)31-14-2-13-30-21/h1,3-6,15-16,18H,2,7-14H2,(H,25,27). The summed E-state index contributed by atoms with van der Waals surface area (Å²) in [5.41, 5.74) is 0.821. The largest absolute Gasteiger partial charge is 0.490 e. The fourth-order valence-corrected chi connectivity index (χ4v) is 5.46. The van der Waals surface area contributed by atoms with Crippen molar-refractivity contribution in [2.45, 2.75) is 30.6 Å². The Morgan fingerprint density at radius 3 is 2.56 bits per heavy atom. The van der Waals surface area contributed by atoms with Crippen molar-refractivity contribution in [1.29, 1.82) is 0 Å². The summed E-state index contributed by atoms with van der Waals surface area (Å²) in [5, 5.41) is 2.89. The quantitative estimate of drug-likeness (QED) is 0.714. The number of nitrogens with one attached hydrogen (secondary N) is 1. The number of halogens is 1. The number of amides is 1. The molecule has 2 aliphatic heterocycles. The average Bonchev–Trinajstić information content (AvgIpc) is 3.04. The van der Waals surface area contributed by atoms with Gasteiger partial charge in [-0.25, -0.2) is 12.8 Å². The number of benzene rings is 2. The summed E-state index contributed by atoms with van der Waals surface area (Å²) in [6.45, 7) is 1.99. The van der Waals surface area contributed by atoms with Gasteiger partial charge in [-0.3, -0.25) is 4.79 Å². The van der Waals surface area contributed by atoms with Gasteiger partial charge in [-0.15, -0.1) is 0 Å². The van der Waals surface area contributed by atoms with Crippen LogP contribution in [0, 0.1) is 11.7 Å². The van der Waals surface area contributed by atoms with Gasteiger partial charge in [0.25, 0.3) is 0 Å². The highest BCUT2D eigenvalue weighted by Crippen LogP contribution is 2.33. The minimum Gasteiger partial charge on any atom is -0.490 e. The molecule has 0 atom stereocenters. The summed E-state index contributed by atoms with van der Waals surface area (Å²) in [5.74, 6) is 0.369. The van der Waals surface area contributed by atoms with Crippen molar-refractivity contribution in [2.24, 2.45) is 5.92 Å². The maximum Gasteiger partial charge on any atom is 0.243 e. The number of carbonyl (C=O) groups is 1. The fraction of sp³-hybridized carbons (Fsp3) is 0.435. The molecule has 2 aromatic rings. The van der Waals surface area contributed by atoms with E-state index in [0.29, 0.717) is 50.5 Å². The minimum atomic E-state index is -3.68. The Hall–Kier alpha value is -2.65. The van der Waals surface area contributed by atoms with E-state index in [1.54, 1.807) is 12.1 Å².